The van der Waals surface area contributed by atoms with Gasteiger partial charge in [0.2, 0.25) is 0 Å². The van der Waals surface area contributed by atoms with Gasteiger partial charge in [0.05, 0.1) is 6.20 Å². The lowest BCUT2D eigenvalue weighted by atomic mass is 10.2. The van der Waals surface area contributed by atoms with Crippen LogP contribution in [0.2, 0.25) is 0 Å². The molecule has 1 aliphatic carbocycles. The van der Waals surface area contributed by atoms with Gasteiger partial charge in [-0.1, -0.05) is 13.8 Å². The molecule has 1 saturated carbocycles. The van der Waals surface area contributed by atoms with Crippen molar-refractivity contribution in [3.8, 4) is 0 Å². The number of rotatable bonds is 6. The van der Waals surface area contributed by atoms with Crippen LogP contribution in [-0.4, -0.2) is 50.6 Å². The van der Waals surface area contributed by atoms with Crippen molar-refractivity contribution in [1.29, 1.82) is 0 Å². The van der Waals surface area contributed by atoms with Gasteiger partial charge in [0.25, 0.3) is 5.91 Å². The van der Waals surface area contributed by atoms with Crippen molar-refractivity contribution in [2.24, 2.45) is 5.73 Å². The molecule has 0 aliphatic heterocycles. The summed E-state index contributed by atoms with van der Waals surface area (Å²) in [6.45, 7) is 7.09. The molecule has 1 amide bonds. The topological polar surface area (TPSA) is 88.5 Å². The number of nitrogens with one attached hydrogen (secondary N) is 1. The van der Waals surface area contributed by atoms with E-state index >= 15 is 0 Å². The largest absolute Gasteiger partial charge is 0.349 e. The van der Waals surface area contributed by atoms with Gasteiger partial charge in [-0.05, 0) is 32.4 Å². The zero-order valence-corrected chi connectivity index (χ0v) is 14.4. The smallest absolute Gasteiger partial charge is 0.256 e. The minimum absolute atomic E-state index is 0.118. The van der Waals surface area contributed by atoms with E-state index in [1.54, 1.807) is 10.7 Å². The minimum Gasteiger partial charge on any atom is -0.349 e. The lowest BCUT2D eigenvalue weighted by Crippen LogP contribution is -2.34. The van der Waals surface area contributed by atoms with Crippen LogP contribution in [0.3, 0.4) is 0 Å². The molecule has 24 heavy (non-hydrogen) atoms. The van der Waals surface area contributed by atoms with E-state index in [2.05, 4.69) is 34.1 Å². The van der Waals surface area contributed by atoms with Crippen LogP contribution >= 0.6 is 0 Å². The van der Waals surface area contributed by atoms with E-state index in [4.69, 9.17) is 5.73 Å². The Morgan fingerprint density at radius 1 is 1.38 bits per heavy atom. The van der Waals surface area contributed by atoms with Gasteiger partial charge in [-0.3, -0.25) is 9.69 Å². The Hall–Kier alpha value is -1.99. The first-order valence-corrected chi connectivity index (χ1v) is 8.71. The third-order valence-corrected chi connectivity index (χ3v) is 4.76. The van der Waals surface area contributed by atoms with Gasteiger partial charge in [0.15, 0.2) is 5.65 Å². The van der Waals surface area contributed by atoms with E-state index in [0.29, 0.717) is 11.2 Å². The highest BCUT2D eigenvalue weighted by Gasteiger charge is 2.25. The van der Waals surface area contributed by atoms with Crippen LogP contribution < -0.4 is 11.1 Å². The molecular formula is C17H26N6O. The van der Waals surface area contributed by atoms with E-state index < -0.39 is 0 Å². The molecule has 3 rings (SSSR count). The van der Waals surface area contributed by atoms with Crippen LogP contribution in [0, 0.1) is 0 Å². The van der Waals surface area contributed by atoms with Crippen molar-refractivity contribution < 1.29 is 4.79 Å². The fraction of sp³-hybridized carbons (Fsp3) is 0.588. The first-order valence-electron chi connectivity index (χ1n) is 8.71. The molecule has 3 N–H and O–H groups in total. The molecule has 7 nitrogen and oxygen atoms in total. The fourth-order valence-electron chi connectivity index (χ4n) is 3.27. The first kappa shape index (κ1) is 16.9. The van der Waals surface area contributed by atoms with Gasteiger partial charge in [-0.25, -0.2) is 9.50 Å². The maximum atomic E-state index is 12.5. The molecule has 2 heterocycles. The standard InChI is InChI=1S/C17H26N6O/c1-3-22(4-2)10-12-8-19-16-15(9-20-23(16)11-12)17(24)21-14-6-5-13(18)7-14/h8-9,11,13-14H,3-7,10,18H2,1-2H3,(H,21,24)/t13-,14-/m1/s1. The summed E-state index contributed by atoms with van der Waals surface area (Å²) in [5, 5.41) is 7.35. The Balaban J connectivity index is 1.74. The maximum absolute atomic E-state index is 12.5. The average Bonchev–Trinajstić information content (AvgIpc) is 3.18. The summed E-state index contributed by atoms with van der Waals surface area (Å²) in [6, 6.07) is 0.351. The number of fused-ring (bicyclic) bond motifs is 1. The van der Waals surface area contributed by atoms with Crippen LogP contribution in [0.15, 0.2) is 18.6 Å². The Morgan fingerprint density at radius 2 is 2.17 bits per heavy atom. The van der Waals surface area contributed by atoms with E-state index in [-0.39, 0.29) is 18.0 Å². The van der Waals surface area contributed by atoms with E-state index in [0.717, 1.165) is 44.5 Å². The third-order valence-electron chi connectivity index (χ3n) is 4.76. The van der Waals surface area contributed by atoms with Crippen LogP contribution in [0.5, 0.6) is 0 Å². The summed E-state index contributed by atoms with van der Waals surface area (Å²) in [4.78, 5) is 19.3. The number of hydrogen-bond acceptors (Lipinski definition) is 5. The molecule has 7 heteroatoms. The van der Waals surface area contributed by atoms with Crippen LogP contribution in [0.1, 0.15) is 49.0 Å². The zero-order chi connectivity index (χ0) is 17.1. The number of hydrogen-bond donors (Lipinski definition) is 2. The van der Waals surface area contributed by atoms with Gasteiger partial charge >= 0.3 is 0 Å². The monoisotopic (exact) mass is 330 g/mol. The van der Waals surface area contributed by atoms with Crippen molar-refractivity contribution in [2.75, 3.05) is 13.1 Å². The van der Waals surface area contributed by atoms with Crippen LogP contribution in [-0.2, 0) is 6.54 Å². The van der Waals surface area contributed by atoms with Gasteiger partial charge in [0, 0.05) is 36.6 Å². The van der Waals surface area contributed by atoms with Crippen molar-refractivity contribution in [3.63, 3.8) is 0 Å². The SMILES string of the molecule is CCN(CC)Cc1cnc2c(C(=O)N[C@@H]3CC[C@@H](N)C3)cnn2c1. The highest BCUT2D eigenvalue weighted by Crippen LogP contribution is 2.18. The molecule has 2 atom stereocenters. The lowest BCUT2D eigenvalue weighted by molar-refractivity contribution is 0.0939. The zero-order valence-electron chi connectivity index (χ0n) is 14.4. The molecule has 2 aromatic heterocycles. The Morgan fingerprint density at radius 3 is 2.83 bits per heavy atom. The molecule has 0 aromatic carbocycles. The van der Waals surface area contributed by atoms with Crippen molar-refractivity contribution in [3.05, 3.63) is 29.7 Å². The lowest BCUT2D eigenvalue weighted by Gasteiger charge is -2.17. The summed E-state index contributed by atoms with van der Waals surface area (Å²) in [5.74, 6) is -0.118. The second-order valence-electron chi connectivity index (χ2n) is 6.49. The molecule has 0 bridgehead atoms. The van der Waals surface area contributed by atoms with Gasteiger partial charge in [-0.15, -0.1) is 0 Å². The summed E-state index contributed by atoms with van der Waals surface area (Å²) in [7, 11) is 0. The summed E-state index contributed by atoms with van der Waals surface area (Å²) < 4.78 is 1.69. The molecule has 1 aliphatic rings. The van der Waals surface area contributed by atoms with Gasteiger partial charge in [0.1, 0.15) is 5.56 Å². The highest BCUT2D eigenvalue weighted by molar-refractivity contribution is 5.99. The van der Waals surface area contributed by atoms with E-state index in [1.807, 2.05) is 12.4 Å². The molecule has 0 saturated heterocycles. The second-order valence-corrected chi connectivity index (χ2v) is 6.49. The number of carbonyl (C=O) groups excluding carboxylic acids is 1. The highest BCUT2D eigenvalue weighted by atomic mass is 16.1. The molecular weight excluding hydrogens is 304 g/mol. The van der Waals surface area contributed by atoms with E-state index in [1.165, 1.54) is 0 Å². The Bertz CT molecular complexity index is 708. The minimum atomic E-state index is -0.118. The summed E-state index contributed by atoms with van der Waals surface area (Å²) in [6.07, 6.45) is 8.11. The van der Waals surface area contributed by atoms with Crippen molar-refractivity contribution >= 4 is 11.6 Å². The normalized spacial score (nSPS) is 20.8. The Labute approximate surface area is 142 Å². The maximum Gasteiger partial charge on any atom is 0.256 e. The summed E-state index contributed by atoms with van der Waals surface area (Å²) >= 11 is 0. The number of nitrogens with two attached hydrogens (primary N) is 1. The summed E-state index contributed by atoms with van der Waals surface area (Å²) in [5.41, 5.74) is 8.11. The van der Waals surface area contributed by atoms with Crippen LogP contribution in [0.25, 0.3) is 5.65 Å². The molecule has 0 spiro atoms. The fourth-order valence-corrected chi connectivity index (χ4v) is 3.27. The number of amides is 1. The van der Waals surface area contributed by atoms with Gasteiger partial charge < -0.3 is 11.1 Å². The van der Waals surface area contributed by atoms with Crippen molar-refractivity contribution in [1.82, 2.24) is 24.8 Å². The van der Waals surface area contributed by atoms with Crippen LogP contribution in [0.4, 0.5) is 0 Å². The first-order chi connectivity index (χ1) is 11.6. The molecule has 130 valence electrons. The predicted molar refractivity (Wildman–Crippen MR) is 92.7 cm³/mol. The molecule has 0 unspecified atom stereocenters. The molecule has 2 aromatic rings. The van der Waals surface area contributed by atoms with Crippen molar-refractivity contribution in [2.45, 2.75) is 51.7 Å². The molecule has 0 radical (unpaired) electrons. The quantitative estimate of drug-likeness (QED) is 0.830. The number of nitrogens with zero attached hydrogens (tertiary/aromatic N) is 4. The molecule has 1 fully saturated rings. The average molecular weight is 330 g/mol. The van der Waals surface area contributed by atoms with E-state index in [9.17, 15) is 4.79 Å². The van der Waals surface area contributed by atoms with Gasteiger partial charge in [-0.2, -0.15) is 5.10 Å². The number of aromatic nitrogens is 3. The Kier molecular flexibility index (Phi) is 5.11. The predicted octanol–water partition coefficient (Wildman–Crippen LogP) is 1.18. The third kappa shape index (κ3) is 3.57. The second kappa shape index (κ2) is 7.27. The number of carbonyl (C=O) groups is 1.